The first kappa shape index (κ1) is 15.2. The summed E-state index contributed by atoms with van der Waals surface area (Å²) in [6.45, 7) is 1.82. The summed E-state index contributed by atoms with van der Waals surface area (Å²) < 4.78 is 0. The molecule has 8 heteroatoms. The van der Waals surface area contributed by atoms with E-state index in [2.05, 4.69) is 20.3 Å². The summed E-state index contributed by atoms with van der Waals surface area (Å²) in [6.07, 6.45) is 3.09. The van der Waals surface area contributed by atoms with Crippen molar-refractivity contribution in [1.29, 1.82) is 0 Å². The van der Waals surface area contributed by atoms with Crippen molar-refractivity contribution in [2.24, 2.45) is 0 Å². The number of nitrogens with one attached hydrogen (secondary N) is 1. The van der Waals surface area contributed by atoms with Crippen molar-refractivity contribution >= 4 is 56.5 Å². The standard InChI is InChI=1S/C14H11ClN4OS2/c1-8(12(20)19-10-3-2-5-16-11(10)15)22-14-9-4-6-21-13(9)17-7-18-14/h2-8H,1H3,(H,19,20)/t8-/m0/s1. The molecule has 0 bridgehead atoms. The molecule has 0 saturated carbocycles. The summed E-state index contributed by atoms with van der Waals surface area (Å²) in [5, 5.41) is 6.45. The van der Waals surface area contributed by atoms with Gasteiger partial charge >= 0.3 is 0 Å². The Balaban J connectivity index is 1.74. The molecule has 22 heavy (non-hydrogen) atoms. The highest BCUT2D eigenvalue weighted by molar-refractivity contribution is 8.00. The van der Waals surface area contributed by atoms with Crippen molar-refractivity contribution in [1.82, 2.24) is 15.0 Å². The van der Waals surface area contributed by atoms with Crippen LogP contribution in [0.4, 0.5) is 5.69 Å². The molecule has 0 radical (unpaired) electrons. The lowest BCUT2D eigenvalue weighted by Gasteiger charge is -2.12. The van der Waals surface area contributed by atoms with Gasteiger partial charge in [0.1, 0.15) is 16.2 Å². The molecule has 3 aromatic heterocycles. The van der Waals surface area contributed by atoms with Crippen LogP contribution >= 0.6 is 34.7 Å². The Morgan fingerprint density at radius 3 is 3.05 bits per heavy atom. The number of carbonyl (C=O) groups is 1. The summed E-state index contributed by atoms with van der Waals surface area (Å²) in [5.41, 5.74) is 0.505. The fraction of sp³-hybridized carbons (Fsp3) is 0.143. The second kappa shape index (κ2) is 6.60. The zero-order valence-corrected chi connectivity index (χ0v) is 13.9. The molecule has 1 N–H and O–H groups in total. The number of carbonyl (C=O) groups excluding carboxylic acids is 1. The molecule has 0 aliphatic heterocycles. The molecule has 0 saturated heterocycles. The predicted molar refractivity (Wildman–Crippen MR) is 90.6 cm³/mol. The maximum absolute atomic E-state index is 12.3. The van der Waals surface area contributed by atoms with E-state index in [1.54, 1.807) is 29.7 Å². The van der Waals surface area contributed by atoms with Gasteiger partial charge in [0.05, 0.1) is 10.9 Å². The first-order chi connectivity index (χ1) is 10.6. The van der Waals surface area contributed by atoms with Gasteiger partial charge < -0.3 is 5.32 Å². The minimum absolute atomic E-state index is 0.151. The number of anilines is 1. The number of pyridine rings is 1. The molecule has 5 nitrogen and oxygen atoms in total. The number of fused-ring (bicyclic) bond motifs is 1. The smallest absolute Gasteiger partial charge is 0.237 e. The summed E-state index contributed by atoms with van der Waals surface area (Å²) >= 11 is 8.89. The second-order valence-electron chi connectivity index (χ2n) is 4.41. The lowest BCUT2D eigenvalue weighted by molar-refractivity contribution is -0.115. The Kier molecular flexibility index (Phi) is 4.56. The Morgan fingerprint density at radius 1 is 1.36 bits per heavy atom. The largest absolute Gasteiger partial charge is 0.322 e. The van der Waals surface area contributed by atoms with Crippen molar-refractivity contribution < 1.29 is 4.79 Å². The number of halogens is 1. The third kappa shape index (κ3) is 3.21. The van der Waals surface area contributed by atoms with Crippen molar-refractivity contribution in [3.05, 3.63) is 41.3 Å². The van der Waals surface area contributed by atoms with Crippen LogP contribution < -0.4 is 5.32 Å². The molecule has 0 spiro atoms. The quantitative estimate of drug-likeness (QED) is 0.439. The average Bonchev–Trinajstić information content (AvgIpc) is 2.99. The number of hydrogen-bond acceptors (Lipinski definition) is 6. The highest BCUT2D eigenvalue weighted by Gasteiger charge is 2.18. The van der Waals surface area contributed by atoms with Gasteiger partial charge in [0.25, 0.3) is 0 Å². The van der Waals surface area contributed by atoms with Gasteiger partial charge in [-0.05, 0) is 30.5 Å². The highest BCUT2D eigenvalue weighted by Crippen LogP contribution is 2.31. The van der Waals surface area contributed by atoms with Crippen LogP contribution in [0.2, 0.25) is 5.15 Å². The first-order valence-corrected chi connectivity index (χ1v) is 8.55. The Hall–Kier alpha value is -1.70. The molecular formula is C14H11ClN4OS2. The van der Waals surface area contributed by atoms with Crippen molar-refractivity contribution in [2.75, 3.05) is 5.32 Å². The number of thiophene rings is 1. The maximum Gasteiger partial charge on any atom is 0.237 e. The third-order valence-corrected chi connectivity index (χ3v) is 5.14. The molecule has 0 aromatic carbocycles. The van der Waals surface area contributed by atoms with Gasteiger partial charge in [-0.1, -0.05) is 23.4 Å². The Bertz CT molecular complexity index is 823. The fourth-order valence-corrected chi connectivity index (χ4v) is 3.66. The number of amides is 1. The summed E-state index contributed by atoms with van der Waals surface area (Å²) in [6, 6.07) is 5.40. The van der Waals surface area contributed by atoms with Gasteiger partial charge in [-0.3, -0.25) is 4.79 Å². The van der Waals surface area contributed by atoms with E-state index < -0.39 is 0 Å². The predicted octanol–water partition coefficient (Wildman–Crippen LogP) is 3.86. The molecule has 3 aromatic rings. The zero-order valence-electron chi connectivity index (χ0n) is 11.5. The number of thioether (sulfide) groups is 1. The van der Waals surface area contributed by atoms with Gasteiger partial charge in [0.2, 0.25) is 5.91 Å². The van der Waals surface area contributed by atoms with E-state index in [4.69, 9.17) is 11.6 Å². The lowest BCUT2D eigenvalue weighted by atomic mass is 10.4. The first-order valence-electron chi connectivity index (χ1n) is 6.41. The number of aromatic nitrogens is 3. The molecule has 1 atom stereocenters. The fourth-order valence-electron chi connectivity index (χ4n) is 1.80. The van der Waals surface area contributed by atoms with Gasteiger partial charge in [0, 0.05) is 11.6 Å². The molecule has 0 aliphatic carbocycles. The monoisotopic (exact) mass is 350 g/mol. The van der Waals surface area contributed by atoms with Crippen molar-refractivity contribution in [2.45, 2.75) is 17.2 Å². The van der Waals surface area contributed by atoms with Crippen LogP contribution in [0.5, 0.6) is 0 Å². The minimum atomic E-state index is -0.325. The Labute approximate surface area is 140 Å². The number of hydrogen-bond donors (Lipinski definition) is 1. The SMILES string of the molecule is C[C@H](Sc1ncnc2sccc12)C(=O)Nc1cccnc1Cl. The molecule has 3 rings (SSSR count). The van der Waals surface area contributed by atoms with Gasteiger partial charge in [-0.25, -0.2) is 15.0 Å². The molecule has 0 fully saturated rings. The molecule has 0 unspecified atom stereocenters. The van der Waals surface area contributed by atoms with Crippen LogP contribution in [-0.2, 0) is 4.79 Å². The molecular weight excluding hydrogens is 340 g/mol. The molecule has 3 heterocycles. The normalized spacial score (nSPS) is 12.3. The van der Waals surface area contributed by atoms with Crippen molar-refractivity contribution in [3.63, 3.8) is 0 Å². The van der Waals surface area contributed by atoms with Crippen LogP contribution in [0.25, 0.3) is 10.2 Å². The number of nitrogens with zero attached hydrogens (tertiary/aromatic N) is 3. The van der Waals surface area contributed by atoms with E-state index in [0.717, 1.165) is 15.2 Å². The minimum Gasteiger partial charge on any atom is -0.322 e. The molecule has 112 valence electrons. The second-order valence-corrected chi connectivity index (χ2v) is 6.99. The van der Waals surface area contributed by atoms with E-state index in [9.17, 15) is 4.79 Å². The van der Waals surface area contributed by atoms with Crippen molar-refractivity contribution in [3.8, 4) is 0 Å². The topological polar surface area (TPSA) is 67.8 Å². The van der Waals surface area contributed by atoms with Gasteiger partial charge in [0.15, 0.2) is 5.15 Å². The lowest BCUT2D eigenvalue weighted by Crippen LogP contribution is -2.22. The van der Waals surface area contributed by atoms with E-state index in [0.29, 0.717) is 5.69 Å². The van der Waals surface area contributed by atoms with Crippen LogP contribution in [-0.4, -0.2) is 26.1 Å². The van der Waals surface area contributed by atoms with E-state index in [1.165, 1.54) is 18.1 Å². The average molecular weight is 351 g/mol. The van der Waals surface area contributed by atoms with E-state index >= 15 is 0 Å². The summed E-state index contributed by atoms with van der Waals surface area (Å²) in [4.78, 5) is 25.6. The number of rotatable bonds is 4. The van der Waals surface area contributed by atoms with Crippen LogP contribution in [0.15, 0.2) is 41.1 Å². The van der Waals surface area contributed by atoms with Gasteiger partial charge in [-0.2, -0.15) is 0 Å². The summed E-state index contributed by atoms with van der Waals surface area (Å²) in [7, 11) is 0. The van der Waals surface area contributed by atoms with Crippen LogP contribution in [0.3, 0.4) is 0 Å². The molecule has 0 aliphatic rings. The van der Waals surface area contributed by atoms with Crippen LogP contribution in [0.1, 0.15) is 6.92 Å². The van der Waals surface area contributed by atoms with E-state index in [1.807, 2.05) is 18.4 Å². The summed E-state index contributed by atoms with van der Waals surface area (Å²) in [5.74, 6) is -0.151. The highest BCUT2D eigenvalue weighted by atomic mass is 35.5. The zero-order chi connectivity index (χ0) is 15.5. The van der Waals surface area contributed by atoms with Crippen LogP contribution in [0, 0.1) is 0 Å². The van der Waals surface area contributed by atoms with Gasteiger partial charge in [-0.15, -0.1) is 11.3 Å². The maximum atomic E-state index is 12.3. The third-order valence-electron chi connectivity index (χ3n) is 2.90. The molecule has 1 amide bonds. The Morgan fingerprint density at radius 2 is 2.23 bits per heavy atom. The van der Waals surface area contributed by atoms with E-state index in [-0.39, 0.29) is 16.3 Å².